The Kier molecular flexibility index (Phi) is 4.67. The molecular formula is C14H10BrClFI. The van der Waals surface area contributed by atoms with Gasteiger partial charge in [-0.3, -0.25) is 0 Å². The molecule has 0 N–H and O–H groups in total. The van der Waals surface area contributed by atoms with Crippen LogP contribution in [-0.2, 0) is 0 Å². The largest absolute Gasteiger partial charge is 0.206 e. The van der Waals surface area contributed by atoms with Crippen molar-refractivity contribution in [1.82, 2.24) is 0 Å². The summed E-state index contributed by atoms with van der Waals surface area (Å²) in [6.45, 7) is 2.05. The zero-order chi connectivity index (χ0) is 13.3. The number of benzene rings is 2. The fourth-order valence-electron chi connectivity index (χ4n) is 1.72. The normalized spacial score (nSPS) is 12.5. The van der Waals surface area contributed by atoms with Crippen LogP contribution in [0.4, 0.5) is 4.39 Å². The van der Waals surface area contributed by atoms with Crippen LogP contribution in [0.5, 0.6) is 0 Å². The van der Waals surface area contributed by atoms with Gasteiger partial charge in [-0.2, -0.15) is 0 Å². The average Bonchev–Trinajstić information content (AvgIpc) is 2.35. The van der Waals surface area contributed by atoms with Crippen LogP contribution in [0.3, 0.4) is 0 Å². The molecule has 0 aromatic heterocycles. The molecule has 0 saturated carbocycles. The second-order valence-corrected chi connectivity index (χ2v) is 6.38. The molecule has 0 aliphatic rings. The first-order valence-corrected chi connectivity index (χ1v) is 7.65. The predicted molar refractivity (Wildman–Crippen MR) is 85.7 cm³/mol. The van der Waals surface area contributed by atoms with E-state index in [-0.39, 0.29) is 11.2 Å². The first-order valence-electron chi connectivity index (χ1n) is 5.34. The highest BCUT2D eigenvalue weighted by Crippen LogP contribution is 2.34. The third kappa shape index (κ3) is 2.89. The lowest BCUT2D eigenvalue weighted by molar-refractivity contribution is 0.620. The lowest BCUT2D eigenvalue weighted by Crippen LogP contribution is -1.98. The zero-order valence-electron chi connectivity index (χ0n) is 9.55. The lowest BCUT2D eigenvalue weighted by atomic mass is 10.0. The van der Waals surface area contributed by atoms with E-state index in [2.05, 4.69) is 51.5 Å². The van der Waals surface area contributed by atoms with Gasteiger partial charge in [-0.25, -0.2) is 4.39 Å². The van der Waals surface area contributed by atoms with Crippen LogP contribution in [0.15, 0.2) is 40.9 Å². The molecule has 94 valence electrons. The van der Waals surface area contributed by atoms with Crippen molar-refractivity contribution >= 4 is 50.1 Å². The van der Waals surface area contributed by atoms with E-state index in [1.807, 2.05) is 12.1 Å². The quantitative estimate of drug-likeness (QED) is 0.408. The Labute approximate surface area is 133 Å². The van der Waals surface area contributed by atoms with Gasteiger partial charge in [-0.05, 0) is 74.3 Å². The molecule has 0 aliphatic heterocycles. The Morgan fingerprint density at radius 2 is 2.00 bits per heavy atom. The van der Waals surface area contributed by atoms with E-state index in [9.17, 15) is 4.39 Å². The molecule has 0 aliphatic carbocycles. The molecule has 0 amide bonds. The van der Waals surface area contributed by atoms with Crippen LogP contribution in [-0.4, -0.2) is 0 Å². The highest BCUT2D eigenvalue weighted by molar-refractivity contribution is 14.1. The van der Waals surface area contributed by atoms with E-state index in [0.717, 1.165) is 14.7 Å². The third-order valence-corrected chi connectivity index (χ3v) is 5.30. The first kappa shape index (κ1) is 14.3. The molecule has 0 nitrogen and oxygen atoms in total. The molecule has 2 rings (SSSR count). The minimum absolute atomic E-state index is 0.270. The molecule has 0 bridgehead atoms. The highest BCUT2D eigenvalue weighted by Gasteiger charge is 2.16. The van der Waals surface area contributed by atoms with Crippen LogP contribution < -0.4 is 0 Å². The number of hydrogen-bond donors (Lipinski definition) is 0. The zero-order valence-corrected chi connectivity index (χ0v) is 14.1. The lowest BCUT2D eigenvalue weighted by Gasteiger charge is -2.14. The third-order valence-electron chi connectivity index (χ3n) is 2.73. The van der Waals surface area contributed by atoms with Crippen molar-refractivity contribution in [1.29, 1.82) is 0 Å². The molecule has 1 atom stereocenters. The van der Waals surface area contributed by atoms with Gasteiger partial charge in [0, 0.05) is 3.57 Å². The number of alkyl halides is 1. The van der Waals surface area contributed by atoms with Gasteiger partial charge in [0.15, 0.2) is 0 Å². The molecule has 0 heterocycles. The van der Waals surface area contributed by atoms with E-state index in [0.29, 0.717) is 4.47 Å². The van der Waals surface area contributed by atoms with Gasteiger partial charge < -0.3 is 0 Å². The highest BCUT2D eigenvalue weighted by atomic mass is 127. The topological polar surface area (TPSA) is 0 Å². The standard InChI is InChI=1S/C14H10BrClFI/c1-8-3-2-4-10(14(8)18)13(16)9-5-6-12(17)11(15)7-9/h2-7,13H,1H3. The minimum atomic E-state index is -0.276. The number of aryl methyl sites for hydroxylation is 1. The van der Waals surface area contributed by atoms with Crippen molar-refractivity contribution in [3.63, 3.8) is 0 Å². The first-order chi connectivity index (χ1) is 8.50. The van der Waals surface area contributed by atoms with Crippen molar-refractivity contribution in [2.75, 3.05) is 0 Å². The maximum atomic E-state index is 13.2. The Bertz CT molecular complexity index is 586. The molecule has 2 aromatic rings. The second-order valence-electron chi connectivity index (χ2n) is 4.01. The molecule has 0 saturated heterocycles. The van der Waals surface area contributed by atoms with Crippen molar-refractivity contribution in [2.24, 2.45) is 0 Å². The molecule has 18 heavy (non-hydrogen) atoms. The maximum absolute atomic E-state index is 13.2. The van der Waals surface area contributed by atoms with Gasteiger partial charge in [-0.1, -0.05) is 24.3 Å². The molecular weight excluding hydrogens is 429 g/mol. The Hall–Kier alpha value is -0.130. The summed E-state index contributed by atoms with van der Waals surface area (Å²) < 4.78 is 14.8. The molecule has 0 spiro atoms. The maximum Gasteiger partial charge on any atom is 0.137 e. The van der Waals surface area contributed by atoms with Gasteiger partial charge in [0.1, 0.15) is 5.82 Å². The van der Waals surface area contributed by atoms with Gasteiger partial charge in [0.05, 0.1) is 9.85 Å². The van der Waals surface area contributed by atoms with Crippen molar-refractivity contribution in [3.8, 4) is 0 Å². The Morgan fingerprint density at radius 1 is 1.28 bits per heavy atom. The van der Waals surface area contributed by atoms with Crippen LogP contribution in [0.25, 0.3) is 0 Å². The minimum Gasteiger partial charge on any atom is -0.206 e. The van der Waals surface area contributed by atoms with Crippen molar-refractivity contribution in [2.45, 2.75) is 12.3 Å². The van der Waals surface area contributed by atoms with Crippen LogP contribution in [0, 0.1) is 16.3 Å². The van der Waals surface area contributed by atoms with Gasteiger partial charge in [0.2, 0.25) is 0 Å². The van der Waals surface area contributed by atoms with Crippen LogP contribution >= 0.6 is 50.1 Å². The number of rotatable bonds is 2. The molecule has 4 heteroatoms. The fraction of sp³-hybridized carbons (Fsp3) is 0.143. The van der Waals surface area contributed by atoms with E-state index in [1.54, 1.807) is 12.1 Å². The van der Waals surface area contributed by atoms with E-state index >= 15 is 0 Å². The summed E-state index contributed by atoms with van der Waals surface area (Å²) in [6, 6.07) is 10.9. The van der Waals surface area contributed by atoms with Gasteiger partial charge >= 0.3 is 0 Å². The van der Waals surface area contributed by atoms with Crippen LogP contribution in [0.1, 0.15) is 22.1 Å². The Morgan fingerprint density at radius 3 is 2.67 bits per heavy atom. The monoisotopic (exact) mass is 438 g/mol. The summed E-state index contributed by atoms with van der Waals surface area (Å²) in [5.74, 6) is -0.276. The number of hydrogen-bond acceptors (Lipinski definition) is 0. The average molecular weight is 439 g/mol. The summed E-state index contributed by atoms with van der Waals surface area (Å²) >= 11 is 12.0. The van der Waals surface area contributed by atoms with Crippen molar-refractivity contribution in [3.05, 3.63) is 66.9 Å². The van der Waals surface area contributed by atoms with Gasteiger partial charge in [0.25, 0.3) is 0 Å². The SMILES string of the molecule is Cc1cccc(C(Cl)c2ccc(F)c(Br)c2)c1I. The molecule has 1 unspecified atom stereocenters. The molecule has 0 fully saturated rings. The summed E-state index contributed by atoms with van der Waals surface area (Å²) in [6.07, 6.45) is 0. The Balaban J connectivity index is 2.44. The summed E-state index contributed by atoms with van der Waals surface area (Å²) in [5, 5.41) is -0.270. The summed E-state index contributed by atoms with van der Waals surface area (Å²) in [5.41, 5.74) is 3.13. The van der Waals surface area contributed by atoms with E-state index in [1.165, 1.54) is 11.6 Å². The van der Waals surface area contributed by atoms with Crippen molar-refractivity contribution < 1.29 is 4.39 Å². The predicted octanol–water partition coefficient (Wildman–Crippen LogP) is 5.83. The molecule has 2 aromatic carbocycles. The summed E-state index contributed by atoms with van der Waals surface area (Å²) in [4.78, 5) is 0. The smallest absolute Gasteiger partial charge is 0.137 e. The van der Waals surface area contributed by atoms with E-state index in [4.69, 9.17) is 11.6 Å². The summed E-state index contributed by atoms with van der Waals surface area (Å²) in [7, 11) is 0. The van der Waals surface area contributed by atoms with Gasteiger partial charge in [-0.15, -0.1) is 11.6 Å². The van der Waals surface area contributed by atoms with Crippen LogP contribution in [0.2, 0.25) is 0 Å². The molecule has 0 radical (unpaired) electrons. The van der Waals surface area contributed by atoms with E-state index < -0.39 is 0 Å². The second kappa shape index (κ2) is 5.88. The fourth-order valence-corrected chi connectivity index (χ4v) is 3.28. The number of halogens is 4.